The van der Waals surface area contributed by atoms with E-state index in [9.17, 15) is 0 Å². The fraction of sp³-hybridized carbons (Fsp3) is 0.636. The summed E-state index contributed by atoms with van der Waals surface area (Å²) in [5, 5.41) is 3.32. The van der Waals surface area contributed by atoms with E-state index in [0.29, 0.717) is 12.0 Å². The van der Waals surface area contributed by atoms with Crippen molar-refractivity contribution in [2.45, 2.75) is 39.3 Å². The molecule has 2 unspecified atom stereocenters. The van der Waals surface area contributed by atoms with Crippen molar-refractivity contribution in [1.29, 1.82) is 0 Å². The number of rotatable bonds is 2. The van der Waals surface area contributed by atoms with Crippen LogP contribution in [-0.4, -0.2) is 22.1 Å². The third kappa shape index (κ3) is 1.81. The lowest BCUT2D eigenvalue weighted by Gasteiger charge is -2.50. The van der Waals surface area contributed by atoms with Crippen molar-refractivity contribution >= 4 is 5.95 Å². The van der Waals surface area contributed by atoms with E-state index < -0.39 is 0 Å². The molecule has 0 saturated heterocycles. The smallest absolute Gasteiger partial charge is 0.222 e. The molecule has 4 heteroatoms. The van der Waals surface area contributed by atoms with Gasteiger partial charge in [0.15, 0.2) is 0 Å². The van der Waals surface area contributed by atoms with Crippen molar-refractivity contribution in [2.24, 2.45) is 11.1 Å². The summed E-state index contributed by atoms with van der Waals surface area (Å²) in [5.74, 6) is 0.700. The van der Waals surface area contributed by atoms with E-state index >= 15 is 0 Å². The highest BCUT2D eigenvalue weighted by Gasteiger charge is 2.46. The minimum absolute atomic E-state index is 0.133. The summed E-state index contributed by atoms with van der Waals surface area (Å²) in [6, 6.07) is 0.663. The zero-order valence-electron chi connectivity index (χ0n) is 9.49. The van der Waals surface area contributed by atoms with Gasteiger partial charge in [0.1, 0.15) is 0 Å². The molecule has 82 valence electrons. The van der Waals surface area contributed by atoms with E-state index in [1.165, 1.54) is 0 Å². The minimum Gasteiger partial charge on any atom is -0.351 e. The predicted octanol–water partition coefficient (Wildman–Crippen LogP) is 1.32. The van der Waals surface area contributed by atoms with Crippen molar-refractivity contribution in [3.8, 4) is 0 Å². The number of nitrogens with zero attached hydrogens (tertiary/aromatic N) is 2. The Morgan fingerprint density at radius 1 is 1.40 bits per heavy atom. The molecule has 3 N–H and O–H groups in total. The first-order valence-electron chi connectivity index (χ1n) is 5.31. The quantitative estimate of drug-likeness (QED) is 0.766. The Morgan fingerprint density at radius 3 is 2.47 bits per heavy atom. The summed E-state index contributed by atoms with van der Waals surface area (Å²) in [4.78, 5) is 8.46. The first-order valence-corrected chi connectivity index (χ1v) is 5.31. The van der Waals surface area contributed by atoms with Crippen LogP contribution in [0.2, 0.25) is 0 Å². The highest BCUT2D eigenvalue weighted by molar-refractivity contribution is 5.30. The number of nitrogens with one attached hydrogen (secondary N) is 1. The fourth-order valence-electron chi connectivity index (χ4n) is 1.83. The van der Waals surface area contributed by atoms with Gasteiger partial charge >= 0.3 is 0 Å². The standard InChI is InChI=1S/C11H18N4/c1-7-5-13-10(14-6-7)15-9-4-8(12)11(9,2)3/h5-6,8-9H,4,12H2,1-3H3,(H,13,14,15). The summed E-state index contributed by atoms with van der Waals surface area (Å²) < 4.78 is 0. The third-order valence-corrected chi connectivity index (χ3v) is 3.43. The van der Waals surface area contributed by atoms with Crippen LogP contribution in [0, 0.1) is 12.3 Å². The molecule has 0 aliphatic heterocycles. The molecule has 1 aromatic rings. The van der Waals surface area contributed by atoms with E-state index in [4.69, 9.17) is 5.73 Å². The summed E-state index contributed by atoms with van der Waals surface area (Å²) in [6.07, 6.45) is 4.63. The van der Waals surface area contributed by atoms with Gasteiger partial charge in [-0.25, -0.2) is 9.97 Å². The van der Waals surface area contributed by atoms with Gasteiger partial charge in [-0.2, -0.15) is 0 Å². The van der Waals surface area contributed by atoms with E-state index in [-0.39, 0.29) is 11.5 Å². The molecule has 0 aromatic carbocycles. The van der Waals surface area contributed by atoms with Gasteiger partial charge in [0.05, 0.1) is 0 Å². The SMILES string of the molecule is Cc1cnc(NC2CC(N)C2(C)C)nc1. The van der Waals surface area contributed by atoms with Gasteiger partial charge in [-0.1, -0.05) is 13.8 Å². The summed E-state index contributed by atoms with van der Waals surface area (Å²) >= 11 is 0. The summed E-state index contributed by atoms with van der Waals surface area (Å²) in [5.41, 5.74) is 7.15. The minimum atomic E-state index is 0.133. The van der Waals surface area contributed by atoms with Crippen LogP contribution < -0.4 is 11.1 Å². The molecule has 15 heavy (non-hydrogen) atoms. The molecule has 1 heterocycles. The van der Waals surface area contributed by atoms with Gasteiger partial charge in [0, 0.05) is 29.9 Å². The second-order valence-electron chi connectivity index (χ2n) is 4.94. The lowest BCUT2D eigenvalue weighted by atomic mass is 9.63. The van der Waals surface area contributed by atoms with Crippen molar-refractivity contribution < 1.29 is 0 Å². The average Bonchev–Trinajstić information content (AvgIpc) is 2.21. The zero-order valence-corrected chi connectivity index (χ0v) is 9.49. The lowest BCUT2D eigenvalue weighted by Crippen LogP contribution is -2.61. The van der Waals surface area contributed by atoms with Gasteiger partial charge in [-0.15, -0.1) is 0 Å². The van der Waals surface area contributed by atoms with Crippen LogP contribution in [0.15, 0.2) is 12.4 Å². The maximum absolute atomic E-state index is 5.94. The van der Waals surface area contributed by atoms with E-state index in [0.717, 1.165) is 12.0 Å². The molecule has 1 aliphatic carbocycles. The monoisotopic (exact) mass is 206 g/mol. The number of hydrogen-bond acceptors (Lipinski definition) is 4. The van der Waals surface area contributed by atoms with Crippen LogP contribution in [-0.2, 0) is 0 Å². The van der Waals surface area contributed by atoms with Crippen LogP contribution in [0.3, 0.4) is 0 Å². The molecule has 1 aromatic heterocycles. The summed E-state index contributed by atoms with van der Waals surface area (Å²) in [6.45, 7) is 6.33. The first kappa shape index (κ1) is 10.4. The highest BCUT2D eigenvalue weighted by atomic mass is 15.1. The fourth-order valence-corrected chi connectivity index (χ4v) is 1.83. The van der Waals surface area contributed by atoms with Crippen molar-refractivity contribution in [3.63, 3.8) is 0 Å². The Labute approximate surface area is 90.3 Å². The Bertz CT molecular complexity index is 344. The molecule has 4 nitrogen and oxygen atoms in total. The molecule has 0 amide bonds. The number of hydrogen-bond donors (Lipinski definition) is 2. The van der Waals surface area contributed by atoms with Gasteiger partial charge in [-0.05, 0) is 18.9 Å². The van der Waals surface area contributed by atoms with E-state index in [2.05, 4.69) is 29.1 Å². The molecule has 2 rings (SSSR count). The molecule has 0 spiro atoms. The molecule has 0 bridgehead atoms. The maximum Gasteiger partial charge on any atom is 0.222 e. The number of nitrogens with two attached hydrogens (primary N) is 1. The second kappa shape index (κ2) is 3.45. The molecule has 1 fully saturated rings. The molecule has 1 saturated carbocycles. The number of anilines is 1. The van der Waals surface area contributed by atoms with Crippen LogP contribution in [0.4, 0.5) is 5.95 Å². The molecule has 0 radical (unpaired) electrons. The van der Waals surface area contributed by atoms with Crippen LogP contribution in [0.5, 0.6) is 0 Å². The van der Waals surface area contributed by atoms with Gasteiger partial charge in [0.25, 0.3) is 0 Å². The van der Waals surface area contributed by atoms with Gasteiger partial charge in [-0.3, -0.25) is 0 Å². The van der Waals surface area contributed by atoms with Crippen molar-refractivity contribution in [2.75, 3.05) is 5.32 Å². The second-order valence-corrected chi connectivity index (χ2v) is 4.94. The zero-order chi connectivity index (χ0) is 11.1. The highest BCUT2D eigenvalue weighted by Crippen LogP contribution is 2.40. The Morgan fingerprint density at radius 2 is 2.00 bits per heavy atom. The third-order valence-electron chi connectivity index (χ3n) is 3.43. The van der Waals surface area contributed by atoms with E-state index in [1.807, 2.05) is 19.3 Å². The van der Waals surface area contributed by atoms with Gasteiger partial charge in [0.2, 0.25) is 5.95 Å². The Hall–Kier alpha value is -1.16. The molecule has 2 atom stereocenters. The summed E-state index contributed by atoms with van der Waals surface area (Å²) in [7, 11) is 0. The predicted molar refractivity (Wildman–Crippen MR) is 60.6 cm³/mol. The lowest BCUT2D eigenvalue weighted by molar-refractivity contribution is 0.116. The van der Waals surface area contributed by atoms with Crippen molar-refractivity contribution in [1.82, 2.24) is 9.97 Å². The van der Waals surface area contributed by atoms with Crippen LogP contribution in [0.25, 0.3) is 0 Å². The van der Waals surface area contributed by atoms with Gasteiger partial charge < -0.3 is 11.1 Å². The maximum atomic E-state index is 5.94. The van der Waals surface area contributed by atoms with Crippen LogP contribution >= 0.6 is 0 Å². The Balaban J connectivity index is 2.02. The molecular formula is C11H18N4. The Kier molecular flexibility index (Phi) is 2.38. The van der Waals surface area contributed by atoms with E-state index in [1.54, 1.807) is 0 Å². The number of aryl methyl sites for hydroxylation is 1. The normalized spacial score (nSPS) is 28.3. The largest absolute Gasteiger partial charge is 0.351 e. The average molecular weight is 206 g/mol. The van der Waals surface area contributed by atoms with Crippen molar-refractivity contribution in [3.05, 3.63) is 18.0 Å². The molecular weight excluding hydrogens is 188 g/mol. The molecule has 1 aliphatic rings. The number of aromatic nitrogens is 2. The van der Waals surface area contributed by atoms with Crippen LogP contribution in [0.1, 0.15) is 25.8 Å². The topological polar surface area (TPSA) is 63.8 Å². The first-order chi connectivity index (χ1) is 7.00.